The van der Waals surface area contributed by atoms with Crippen molar-refractivity contribution in [1.29, 1.82) is 0 Å². The first-order valence-electron chi connectivity index (χ1n) is 4.11. The van der Waals surface area contributed by atoms with E-state index in [-0.39, 0.29) is 0 Å². The molecular formula is C6H14NO8P. The minimum atomic E-state index is -4.75. The van der Waals surface area contributed by atoms with E-state index in [0.29, 0.717) is 0 Å². The number of carbonyl (C=O) groups is 1. The van der Waals surface area contributed by atoms with Crippen LogP contribution in [-0.4, -0.2) is 67.0 Å². The third-order valence-corrected chi connectivity index (χ3v) is 2.72. The second kappa shape index (κ2) is 5.80. The fourth-order valence-corrected chi connectivity index (χ4v) is 1.39. The van der Waals surface area contributed by atoms with Crippen molar-refractivity contribution < 1.29 is 39.8 Å². The molecule has 8 N–H and O–H groups in total. The highest BCUT2D eigenvalue weighted by atomic mass is 31.2. The third-order valence-electron chi connectivity index (χ3n) is 1.82. The van der Waals surface area contributed by atoms with Gasteiger partial charge in [0.15, 0.2) is 6.10 Å². The van der Waals surface area contributed by atoms with E-state index in [1.165, 1.54) is 0 Å². The number of aliphatic hydroxyl groups is 5. The molecule has 0 fully saturated rings. The largest absolute Gasteiger partial charge is 0.394 e. The van der Waals surface area contributed by atoms with E-state index in [9.17, 15) is 9.36 Å². The Morgan fingerprint density at radius 1 is 1.19 bits per heavy atom. The van der Waals surface area contributed by atoms with E-state index in [4.69, 9.17) is 30.4 Å². The zero-order valence-electron chi connectivity index (χ0n) is 8.04. The highest BCUT2D eigenvalue weighted by Crippen LogP contribution is 2.33. The topological polar surface area (TPSA) is 182 Å². The first-order chi connectivity index (χ1) is 7.12. The van der Waals surface area contributed by atoms with E-state index in [2.05, 4.69) is 5.50 Å². The van der Waals surface area contributed by atoms with Gasteiger partial charge in [0.1, 0.15) is 18.3 Å². The molecule has 10 heteroatoms. The number of rotatable bonds is 6. The van der Waals surface area contributed by atoms with Crippen molar-refractivity contribution in [2.75, 3.05) is 6.61 Å². The molecule has 0 saturated heterocycles. The summed E-state index contributed by atoms with van der Waals surface area (Å²) in [4.78, 5) is 19.5. The van der Waals surface area contributed by atoms with Crippen molar-refractivity contribution in [3.05, 3.63) is 0 Å². The molecule has 0 aliphatic carbocycles. The number of hydrogen-bond donors (Lipinski definition) is 7. The van der Waals surface area contributed by atoms with Gasteiger partial charge in [-0.1, -0.05) is 0 Å². The minimum absolute atomic E-state index is 0.932. The van der Waals surface area contributed by atoms with Crippen molar-refractivity contribution >= 4 is 13.0 Å². The van der Waals surface area contributed by atoms with E-state index < -0.39 is 44.1 Å². The summed E-state index contributed by atoms with van der Waals surface area (Å²) in [5.74, 6) is 0. The lowest BCUT2D eigenvalue weighted by Gasteiger charge is -2.24. The van der Waals surface area contributed by atoms with Crippen LogP contribution >= 0.6 is 7.52 Å². The maximum Gasteiger partial charge on any atom is 0.332 e. The highest BCUT2D eigenvalue weighted by molar-refractivity contribution is 7.73. The molecule has 0 rings (SSSR count). The van der Waals surface area contributed by atoms with Crippen LogP contribution in [0.4, 0.5) is 0 Å². The first kappa shape index (κ1) is 15.6. The Hall–Kier alpha value is -0.380. The Morgan fingerprint density at radius 3 is 1.94 bits per heavy atom. The average Bonchev–Trinajstić information content (AvgIpc) is 2.22. The molecule has 1 unspecified atom stereocenters. The van der Waals surface area contributed by atoms with Gasteiger partial charge < -0.3 is 30.4 Å². The van der Waals surface area contributed by atoms with Crippen molar-refractivity contribution in [2.45, 2.75) is 24.4 Å². The Morgan fingerprint density at radius 2 is 1.62 bits per heavy atom. The molecule has 96 valence electrons. The predicted octanol–water partition coefficient (Wildman–Crippen LogP) is -3.91. The molecule has 16 heavy (non-hydrogen) atoms. The van der Waals surface area contributed by atoms with Crippen molar-refractivity contribution in [3.63, 3.8) is 0 Å². The zero-order valence-corrected chi connectivity index (χ0v) is 8.94. The van der Waals surface area contributed by atoms with Crippen LogP contribution in [0.1, 0.15) is 0 Å². The van der Waals surface area contributed by atoms with Crippen LogP contribution in [0.15, 0.2) is 0 Å². The van der Waals surface area contributed by atoms with Crippen molar-refractivity contribution in [1.82, 2.24) is 0 Å². The maximum absolute atomic E-state index is 10.9. The quantitative estimate of drug-likeness (QED) is 0.234. The van der Waals surface area contributed by atoms with Gasteiger partial charge in [-0.3, -0.25) is 14.9 Å². The molecule has 0 bridgehead atoms. The molecule has 0 heterocycles. The summed E-state index contributed by atoms with van der Waals surface area (Å²) < 4.78 is 10.6. The van der Waals surface area contributed by atoms with Crippen LogP contribution in [-0.2, 0) is 9.36 Å². The molecule has 0 amide bonds. The van der Waals surface area contributed by atoms with Gasteiger partial charge in [-0.2, -0.15) is 0 Å². The normalized spacial score (nSPS) is 22.9. The molecule has 0 aromatic carbocycles. The maximum atomic E-state index is 10.9. The third kappa shape index (κ3) is 3.89. The van der Waals surface area contributed by atoms with Gasteiger partial charge in [0.05, 0.1) is 6.61 Å². The molecule has 0 saturated carbocycles. The monoisotopic (exact) mass is 259 g/mol. The summed E-state index contributed by atoms with van der Waals surface area (Å²) in [5.41, 5.74) is 2.76. The Bertz CT molecular complexity index is 290. The Labute approximate surface area is 90.3 Å². The van der Waals surface area contributed by atoms with Crippen LogP contribution in [0.25, 0.3) is 0 Å². The van der Waals surface area contributed by atoms with E-state index in [1.807, 2.05) is 0 Å². The predicted molar refractivity (Wildman–Crippen MR) is 50.1 cm³/mol. The zero-order chi connectivity index (χ0) is 13.1. The molecule has 0 radical (unpaired) electrons. The van der Waals surface area contributed by atoms with Gasteiger partial charge in [-0.05, 0) is 0 Å². The van der Waals surface area contributed by atoms with E-state index in [1.54, 1.807) is 0 Å². The lowest BCUT2D eigenvalue weighted by molar-refractivity contribution is -0.140. The molecule has 0 aliphatic rings. The number of carbonyl (C=O) groups excluding carboxylic acids is 1. The fraction of sp³-hybridized carbons (Fsp3) is 0.833. The van der Waals surface area contributed by atoms with Crippen LogP contribution < -0.4 is 5.50 Å². The van der Waals surface area contributed by atoms with Crippen LogP contribution in [0.5, 0.6) is 0 Å². The summed E-state index contributed by atoms with van der Waals surface area (Å²) in [6.07, 6.45) is -8.54. The molecule has 9 nitrogen and oxygen atoms in total. The smallest absolute Gasteiger partial charge is 0.332 e. The molecular weight excluding hydrogens is 245 g/mol. The Balaban J connectivity index is 4.68. The molecule has 0 spiro atoms. The van der Waals surface area contributed by atoms with Gasteiger partial charge in [-0.25, -0.2) is 0 Å². The van der Waals surface area contributed by atoms with Crippen molar-refractivity contribution in [3.8, 4) is 0 Å². The van der Waals surface area contributed by atoms with Gasteiger partial charge in [0, 0.05) is 0 Å². The van der Waals surface area contributed by atoms with Gasteiger partial charge in [-0.15, -0.1) is 0 Å². The fourth-order valence-electron chi connectivity index (χ4n) is 0.858. The molecule has 0 aliphatic heterocycles. The number of hydrogen-bond acceptors (Lipinski definition) is 7. The SMILES string of the molecule is NP(=O)(O)C(=O)[C@H](O)[C@@H](O)[C@H](O)[C@H](O)CO. The second-order valence-corrected chi connectivity index (χ2v) is 4.82. The van der Waals surface area contributed by atoms with Crippen molar-refractivity contribution in [2.24, 2.45) is 5.50 Å². The second-order valence-electron chi connectivity index (χ2n) is 3.14. The molecule has 5 atom stereocenters. The van der Waals surface area contributed by atoms with E-state index >= 15 is 0 Å². The summed E-state index contributed by atoms with van der Waals surface area (Å²) in [5, 5.41) is 44.6. The summed E-state index contributed by atoms with van der Waals surface area (Å²) >= 11 is 0. The average molecular weight is 259 g/mol. The molecule has 0 aromatic rings. The number of nitrogens with two attached hydrogens (primary N) is 1. The van der Waals surface area contributed by atoms with Gasteiger partial charge in [0.2, 0.25) is 0 Å². The first-order valence-corrected chi connectivity index (χ1v) is 5.84. The minimum Gasteiger partial charge on any atom is -0.394 e. The van der Waals surface area contributed by atoms with Crippen LogP contribution in [0.3, 0.4) is 0 Å². The van der Waals surface area contributed by atoms with Gasteiger partial charge in [0.25, 0.3) is 5.52 Å². The molecule has 0 aromatic heterocycles. The standard InChI is InChI=1S/C6H14NO8P/c7-16(14,15)6(13)5(12)4(11)3(10)2(9)1-8/h2-5,8-12H,1H2,(H3,7,14,15)/t2-,3-,4+,5-/m1/s1. The Kier molecular flexibility index (Phi) is 5.66. The lowest BCUT2D eigenvalue weighted by atomic mass is 10.0. The lowest BCUT2D eigenvalue weighted by Crippen LogP contribution is -2.48. The van der Waals surface area contributed by atoms with E-state index in [0.717, 1.165) is 0 Å². The highest BCUT2D eigenvalue weighted by Gasteiger charge is 2.40. The van der Waals surface area contributed by atoms with Gasteiger partial charge >= 0.3 is 7.52 Å². The summed E-state index contributed by atoms with van der Waals surface area (Å²) in [7, 11) is -4.75. The summed E-state index contributed by atoms with van der Waals surface area (Å²) in [6.45, 7) is -0.932. The summed E-state index contributed by atoms with van der Waals surface area (Å²) in [6, 6.07) is 0. The van der Waals surface area contributed by atoms with Crippen LogP contribution in [0, 0.1) is 0 Å². The van der Waals surface area contributed by atoms with Crippen LogP contribution in [0.2, 0.25) is 0 Å². The number of aliphatic hydroxyl groups excluding tert-OH is 5.